The molecule has 3 aliphatic heterocycles. The van der Waals surface area contributed by atoms with Gasteiger partial charge in [0.05, 0.1) is 11.8 Å². The van der Waals surface area contributed by atoms with Gasteiger partial charge in [0.15, 0.2) is 17.0 Å². The van der Waals surface area contributed by atoms with Crippen molar-refractivity contribution < 1.29 is 29.0 Å². The van der Waals surface area contributed by atoms with Gasteiger partial charge >= 0.3 is 5.97 Å². The van der Waals surface area contributed by atoms with E-state index in [1.807, 2.05) is 6.92 Å². The van der Waals surface area contributed by atoms with E-state index in [1.165, 1.54) is 4.90 Å². The summed E-state index contributed by atoms with van der Waals surface area (Å²) in [6, 6.07) is 13.3. The van der Waals surface area contributed by atoms with Crippen molar-refractivity contribution in [2.45, 2.75) is 31.3 Å². The minimum atomic E-state index is -1.72. The molecule has 3 heterocycles. The van der Waals surface area contributed by atoms with E-state index in [9.17, 15) is 19.5 Å². The lowest BCUT2D eigenvalue weighted by molar-refractivity contribution is -0.152. The third-order valence-corrected chi connectivity index (χ3v) is 6.88. The molecule has 4 atom stereocenters. The fourth-order valence-electron chi connectivity index (χ4n) is 5.33. The second-order valence-corrected chi connectivity index (χ2v) is 8.69. The number of hydrogen-bond donors (Lipinski definition) is 2. The van der Waals surface area contributed by atoms with Gasteiger partial charge < -0.3 is 14.6 Å². The fourth-order valence-corrected chi connectivity index (χ4v) is 5.33. The van der Waals surface area contributed by atoms with Crippen LogP contribution in [0, 0.1) is 11.8 Å². The molecule has 2 amide bonds. The molecule has 2 aromatic carbocycles. The number of fused-ring (bicyclic) bond motifs is 2. The number of carboxylic acids is 1. The highest BCUT2D eigenvalue weighted by Gasteiger charge is 2.69. The van der Waals surface area contributed by atoms with E-state index in [2.05, 4.69) is 5.32 Å². The van der Waals surface area contributed by atoms with E-state index in [0.717, 1.165) is 6.42 Å². The van der Waals surface area contributed by atoms with E-state index in [-0.39, 0.29) is 5.91 Å². The molecule has 3 aliphatic rings. The van der Waals surface area contributed by atoms with E-state index in [1.54, 1.807) is 48.5 Å². The van der Waals surface area contributed by atoms with Crippen molar-refractivity contribution >= 4 is 17.8 Å². The van der Waals surface area contributed by atoms with Crippen LogP contribution >= 0.6 is 0 Å². The number of benzene rings is 2. The number of nitrogens with one attached hydrogen (secondary N) is 1. The summed E-state index contributed by atoms with van der Waals surface area (Å²) in [5.74, 6) is -2.69. The molecule has 0 aliphatic carbocycles. The maximum Gasteiger partial charge on any atom is 0.329 e. The Bertz CT molecular complexity index is 1100. The van der Waals surface area contributed by atoms with Gasteiger partial charge in [0.25, 0.3) is 0 Å². The number of hydrogen-bond acceptors (Lipinski definition) is 6. The number of carboxylic acid groups (broad SMARTS) is 1. The van der Waals surface area contributed by atoms with Gasteiger partial charge in [0.1, 0.15) is 13.2 Å². The normalized spacial score (nSPS) is 28.2. The standard InChI is InChI=1S/C25H26N2O6/c1-2-3-11-27-22(28)19-20(23(27)29)25(24(30)31,16-7-5-4-6-8-16)26-21(19)15-9-10-17-18(14-15)33-13-12-32-17/h4-10,14,19-21,26H,2-3,11-13H2,1H3,(H,30,31). The van der Waals surface area contributed by atoms with Crippen molar-refractivity contribution in [1.29, 1.82) is 0 Å². The van der Waals surface area contributed by atoms with Crippen molar-refractivity contribution in [3.8, 4) is 11.5 Å². The average molecular weight is 450 g/mol. The van der Waals surface area contributed by atoms with Crippen LogP contribution in [-0.4, -0.2) is 47.5 Å². The molecule has 8 nitrogen and oxygen atoms in total. The highest BCUT2D eigenvalue weighted by atomic mass is 16.6. The van der Waals surface area contributed by atoms with Crippen molar-refractivity contribution in [2.75, 3.05) is 19.8 Å². The van der Waals surface area contributed by atoms with Gasteiger partial charge in [-0.25, -0.2) is 4.79 Å². The predicted molar refractivity (Wildman–Crippen MR) is 118 cm³/mol. The molecule has 2 fully saturated rings. The summed E-state index contributed by atoms with van der Waals surface area (Å²) in [4.78, 5) is 41.2. The van der Waals surface area contributed by atoms with Crippen molar-refractivity contribution in [3.05, 3.63) is 59.7 Å². The second kappa shape index (κ2) is 8.19. The summed E-state index contributed by atoms with van der Waals surface area (Å²) in [6.45, 7) is 3.14. The first-order chi connectivity index (χ1) is 16.0. The van der Waals surface area contributed by atoms with Gasteiger partial charge in [0, 0.05) is 12.6 Å². The van der Waals surface area contributed by atoms with Gasteiger partial charge in [0.2, 0.25) is 11.8 Å². The summed E-state index contributed by atoms with van der Waals surface area (Å²) in [5.41, 5.74) is -0.588. The number of aliphatic carboxylic acids is 1. The van der Waals surface area contributed by atoms with Crippen LogP contribution in [0.2, 0.25) is 0 Å². The van der Waals surface area contributed by atoms with Crippen LogP contribution in [0.4, 0.5) is 0 Å². The summed E-state index contributed by atoms with van der Waals surface area (Å²) in [5, 5.41) is 13.7. The molecule has 0 radical (unpaired) electrons. The summed E-state index contributed by atoms with van der Waals surface area (Å²) >= 11 is 0. The van der Waals surface area contributed by atoms with E-state index < -0.39 is 35.3 Å². The number of rotatable bonds is 6. The number of unbranched alkanes of at least 4 members (excludes halogenated alkanes) is 1. The second-order valence-electron chi connectivity index (χ2n) is 8.69. The summed E-state index contributed by atoms with van der Waals surface area (Å²) in [6.07, 6.45) is 1.49. The molecular formula is C25H26N2O6. The zero-order chi connectivity index (χ0) is 23.2. The molecule has 5 rings (SSSR count). The van der Waals surface area contributed by atoms with Crippen LogP contribution in [0.25, 0.3) is 0 Å². The molecule has 4 unspecified atom stereocenters. The number of carbonyl (C=O) groups is 3. The van der Waals surface area contributed by atoms with Crippen LogP contribution in [-0.2, 0) is 19.9 Å². The quantitative estimate of drug-likeness (QED) is 0.652. The number of likely N-dealkylation sites (tertiary alicyclic amines) is 1. The number of ether oxygens (including phenoxy) is 2. The number of carbonyl (C=O) groups excluding carboxylic acids is 2. The predicted octanol–water partition coefficient (Wildman–Crippen LogP) is 2.48. The Hall–Kier alpha value is -3.39. The molecule has 2 N–H and O–H groups in total. The van der Waals surface area contributed by atoms with Crippen molar-refractivity contribution in [2.24, 2.45) is 11.8 Å². The molecular weight excluding hydrogens is 424 g/mol. The lowest BCUT2D eigenvalue weighted by Gasteiger charge is -2.31. The van der Waals surface area contributed by atoms with Crippen LogP contribution in [0.15, 0.2) is 48.5 Å². The third kappa shape index (κ3) is 3.20. The molecule has 0 saturated carbocycles. The van der Waals surface area contributed by atoms with Gasteiger partial charge in [-0.05, 0) is 29.7 Å². The van der Waals surface area contributed by atoms with Crippen LogP contribution in [0.1, 0.15) is 36.9 Å². The molecule has 0 bridgehead atoms. The Morgan fingerprint density at radius 2 is 1.82 bits per heavy atom. The number of nitrogens with zero attached hydrogens (tertiary/aromatic N) is 1. The van der Waals surface area contributed by atoms with Crippen molar-refractivity contribution in [3.63, 3.8) is 0 Å². The van der Waals surface area contributed by atoms with Gasteiger partial charge in [-0.1, -0.05) is 49.7 Å². The zero-order valence-electron chi connectivity index (χ0n) is 18.3. The van der Waals surface area contributed by atoms with Gasteiger partial charge in [-0.2, -0.15) is 0 Å². The number of amides is 2. The Balaban J connectivity index is 1.65. The first kappa shape index (κ1) is 21.5. The maximum absolute atomic E-state index is 13.6. The maximum atomic E-state index is 13.6. The fraction of sp³-hybridized carbons (Fsp3) is 0.400. The Morgan fingerprint density at radius 3 is 2.52 bits per heavy atom. The smallest absolute Gasteiger partial charge is 0.329 e. The van der Waals surface area contributed by atoms with E-state index in [4.69, 9.17) is 9.47 Å². The van der Waals surface area contributed by atoms with E-state index >= 15 is 0 Å². The van der Waals surface area contributed by atoms with Crippen molar-refractivity contribution in [1.82, 2.24) is 10.2 Å². The molecule has 0 aromatic heterocycles. The number of imide groups is 1. The third-order valence-electron chi connectivity index (χ3n) is 6.88. The topological polar surface area (TPSA) is 105 Å². The molecule has 0 spiro atoms. The van der Waals surface area contributed by atoms with Gasteiger partial charge in [-0.15, -0.1) is 0 Å². The lowest BCUT2D eigenvalue weighted by Crippen LogP contribution is -2.53. The highest BCUT2D eigenvalue weighted by Crippen LogP contribution is 2.53. The molecule has 33 heavy (non-hydrogen) atoms. The highest BCUT2D eigenvalue weighted by molar-refractivity contribution is 6.09. The van der Waals surface area contributed by atoms with E-state index in [0.29, 0.717) is 48.8 Å². The zero-order valence-corrected chi connectivity index (χ0v) is 18.3. The van der Waals surface area contributed by atoms with Crippen LogP contribution in [0.5, 0.6) is 11.5 Å². The first-order valence-corrected chi connectivity index (χ1v) is 11.3. The summed E-state index contributed by atoms with van der Waals surface area (Å²) < 4.78 is 11.3. The largest absolute Gasteiger partial charge is 0.486 e. The minimum Gasteiger partial charge on any atom is -0.486 e. The monoisotopic (exact) mass is 450 g/mol. The average Bonchev–Trinajstić information content (AvgIpc) is 3.33. The molecule has 172 valence electrons. The Kier molecular flexibility index (Phi) is 5.32. The molecule has 2 aromatic rings. The summed E-state index contributed by atoms with van der Waals surface area (Å²) in [7, 11) is 0. The molecule has 8 heteroatoms. The lowest BCUT2D eigenvalue weighted by atomic mass is 9.75. The SMILES string of the molecule is CCCCN1C(=O)C2C(c3ccc4c(c3)OCCO4)NC(C(=O)O)(c3ccccc3)C2C1=O. The minimum absolute atomic E-state index is 0.291. The van der Waals surface area contributed by atoms with Crippen LogP contribution < -0.4 is 14.8 Å². The Morgan fingerprint density at radius 1 is 1.09 bits per heavy atom. The molecule has 2 saturated heterocycles. The van der Waals surface area contributed by atoms with Crippen LogP contribution in [0.3, 0.4) is 0 Å². The van der Waals surface area contributed by atoms with Gasteiger partial charge in [-0.3, -0.25) is 19.8 Å². The first-order valence-electron chi connectivity index (χ1n) is 11.3. The Labute approximate surface area is 191 Å².